The summed E-state index contributed by atoms with van der Waals surface area (Å²) in [6.45, 7) is 9.43. The molecule has 3 rings (SSSR count). The van der Waals surface area contributed by atoms with E-state index in [1.807, 2.05) is 6.07 Å². The van der Waals surface area contributed by atoms with Crippen molar-refractivity contribution >= 4 is 28.9 Å². The molecule has 0 spiro atoms. The molecular formula is C25H32FN3O3. The van der Waals surface area contributed by atoms with Crippen molar-refractivity contribution in [2.75, 3.05) is 29.0 Å². The molecule has 172 valence electrons. The van der Waals surface area contributed by atoms with Gasteiger partial charge in [0.25, 0.3) is 5.91 Å². The van der Waals surface area contributed by atoms with E-state index >= 15 is 0 Å². The van der Waals surface area contributed by atoms with Gasteiger partial charge in [0.1, 0.15) is 11.4 Å². The van der Waals surface area contributed by atoms with Crippen LogP contribution in [0.3, 0.4) is 0 Å². The fourth-order valence-corrected chi connectivity index (χ4v) is 3.79. The number of piperidine rings is 1. The first-order valence-corrected chi connectivity index (χ1v) is 11.0. The van der Waals surface area contributed by atoms with Gasteiger partial charge in [-0.2, -0.15) is 0 Å². The van der Waals surface area contributed by atoms with Crippen molar-refractivity contribution in [3.05, 3.63) is 53.3 Å². The highest BCUT2D eigenvalue weighted by atomic mass is 19.1. The third-order valence-corrected chi connectivity index (χ3v) is 5.48. The van der Waals surface area contributed by atoms with Gasteiger partial charge in [-0.25, -0.2) is 4.39 Å². The molecule has 2 aromatic carbocycles. The first kappa shape index (κ1) is 23.6. The summed E-state index contributed by atoms with van der Waals surface area (Å²) in [5, 5.41) is 2.77. The molecule has 1 heterocycles. The van der Waals surface area contributed by atoms with Crippen LogP contribution in [-0.2, 0) is 16.0 Å². The normalized spacial score (nSPS) is 14.8. The standard InChI is InChI=1S/C25H32FN3O3/c1-16-9-11-29(12-10-16)22-8-5-17(14-20(22)27)24(31)28-21-7-6-19(26)13-18(21)15-23(30)32-25(2,3)4/h5-8,13-14,16H,9-12,15,27H2,1-4H3,(H,28,31). The van der Waals surface area contributed by atoms with Crippen LogP contribution in [0.5, 0.6) is 0 Å². The maximum atomic E-state index is 13.8. The molecule has 0 unspecified atom stereocenters. The summed E-state index contributed by atoms with van der Waals surface area (Å²) in [5.74, 6) is -0.662. The summed E-state index contributed by atoms with van der Waals surface area (Å²) < 4.78 is 19.1. The summed E-state index contributed by atoms with van der Waals surface area (Å²) in [6.07, 6.45) is 2.08. The summed E-state index contributed by atoms with van der Waals surface area (Å²) in [7, 11) is 0. The Bertz CT molecular complexity index is 992. The molecule has 1 aliphatic rings. The minimum Gasteiger partial charge on any atom is -0.460 e. The van der Waals surface area contributed by atoms with E-state index in [1.54, 1.807) is 32.9 Å². The molecule has 0 aliphatic carbocycles. The summed E-state index contributed by atoms with van der Waals surface area (Å²) in [5.41, 5.74) is 8.18. The van der Waals surface area contributed by atoms with E-state index in [4.69, 9.17) is 10.5 Å². The maximum absolute atomic E-state index is 13.8. The second kappa shape index (κ2) is 9.59. The molecule has 7 heteroatoms. The fourth-order valence-electron chi connectivity index (χ4n) is 3.79. The lowest BCUT2D eigenvalue weighted by Crippen LogP contribution is -2.33. The summed E-state index contributed by atoms with van der Waals surface area (Å²) in [4.78, 5) is 27.3. The molecule has 2 aromatic rings. The Balaban J connectivity index is 1.74. The molecule has 0 atom stereocenters. The van der Waals surface area contributed by atoms with Gasteiger partial charge in [0, 0.05) is 24.3 Å². The molecule has 1 aliphatic heterocycles. The quantitative estimate of drug-likeness (QED) is 0.515. The van der Waals surface area contributed by atoms with Crippen LogP contribution in [0, 0.1) is 11.7 Å². The van der Waals surface area contributed by atoms with Gasteiger partial charge in [0.2, 0.25) is 0 Å². The van der Waals surface area contributed by atoms with Crippen LogP contribution in [-0.4, -0.2) is 30.6 Å². The van der Waals surface area contributed by atoms with Gasteiger partial charge in [-0.05, 0) is 81.5 Å². The number of nitrogens with two attached hydrogens (primary N) is 1. The van der Waals surface area contributed by atoms with Gasteiger partial charge >= 0.3 is 5.97 Å². The fraction of sp³-hybridized carbons (Fsp3) is 0.440. The number of halogens is 1. The van der Waals surface area contributed by atoms with Crippen molar-refractivity contribution < 1.29 is 18.7 Å². The van der Waals surface area contributed by atoms with Crippen LogP contribution in [0.15, 0.2) is 36.4 Å². The van der Waals surface area contributed by atoms with Gasteiger partial charge in [-0.3, -0.25) is 9.59 Å². The van der Waals surface area contributed by atoms with Gasteiger partial charge in [0.15, 0.2) is 0 Å². The van der Waals surface area contributed by atoms with Gasteiger partial charge in [-0.1, -0.05) is 6.92 Å². The highest BCUT2D eigenvalue weighted by Crippen LogP contribution is 2.29. The van der Waals surface area contributed by atoms with Gasteiger partial charge in [0.05, 0.1) is 17.8 Å². The highest BCUT2D eigenvalue weighted by Gasteiger charge is 2.21. The van der Waals surface area contributed by atoms with E-state index < -0.39 is 17.4 Å². The zero-order valence-corrected chi connectivity index (χ0v) is 19.2. The lowest BCUT2D eigenvalue weighted by Gasteiger charge is -2.33. The van der Waals surface area contributed by atoms with Crippen LogP contribution < -0.4 is 16.0 Å². The molecule has 32 heavy (non-hydrogen) atoms. The van der Waals surface area contributed by atoms with Crippen molar-refractivity contribution in [3.63, 3.8) is 0 Å². The number of ether oxygens (including phenoxy) is 1. The average Bonchev–Trinajstić information content (AvgIpc) is 2.69. The second-order valence-corrected chi connectivity index (χ2v) is 9.46. The Morgan fingerprint density at radius 3 is 2.47 bits per heavy atom. The average molecular weight is 442 g/mol. The highest BCUT2D eigenvalue weighted by molar-refractivity contribution is 6.06. The number of amides is 1. The van der Waals surface area contributed by atoms with Gasteiger partial charge < -0.3 is 20.7 Å². The van der Waals surface area contributed by atoms with Gasteiger partial charge in [-0.15, -0.1) is 0 Å². The minimum atomic E-state index is -0.653. The third kappa shape index (κ3) is 6.22. The summed E-state index contributed by atoms with van der Waals surface area (Å²) in [6, 6.07) is 9.17. The van der Waals surface area contributed by atoms with Crippen molar-refractivity contribution in [2.45, 2.75) is 52.6 Å². The van der Waals surface area contributed by atoms with Crippen LogP contribution in [0.2, 0.25) is 0 Å². The van der Waals surface area contributed by atoms with Crippen LogP contribution in [0.4, 0.5) is 21.5 Å². The topological polar surface area (TPSA) is 84.7 Å². The number of hydrogen-bond donors (Lipinski definition) is 2. The molecule has 0 bridgehead atoms. The lowest BCUT2D eigenvalue weighted by molar-refractivity contribution is -0.153. The van der Waals surface area contributed by atoms with E-state index in [9.17, 15) is 14.0 Å². The van der Waals surface area contributed by atoms with E-state index in [2.05, 4.69) is 17.1 Å². The molecule has 0 radical (unpaired) electrons. The smallest absolute Gasteiger partial charge is 0.310 e. The molecular weight excluding hydrogens is 409 g/mol. The summed E-state index contributed by atoms with van der Waals surface area (Å²) >= 11 is 0. The molecule has 3 N–H and O–H groups in total. The number of anilines is 3. The van der Waals surface area contributed by atoms with Crippen molar-refractivity contribution in [3.8, 4) is 0 Å². The SMILES string of the molecule is CC1CCN(c2ccc(C(=O)Nc3ccc(F)cc3CC(=O)OC(C)(C)C)cc2N)CC1. The van der Waals surface area contributed by atoms with E-state index in [1.165, 1.54) is 18.2 Å². The van der Waals surface area contributed by atoms with Crippen molar-refractivity contribution in [1.82, 2.24) is 0 Å². The number of carbonyl (C=O) groups excluding carboxylic acids is 2. The number of nitrogens with one attached hydrogen (secondary N) is 1. The zero-order chi connectivity index (χ0) is 23.5. The van der Waals surface area contributed by atoms with E-state index in [-0.39, 0.29) is 12.3 Å². The minimum absolute atomic E-state index is 0.154. The monoisotopic (exact) mass is 441 g/mol. The molecule has 0 aromatic heterocycles. The van der Waals surface area contributed by atoms with E-state index in [0.717, 1.165) is 31.6 Å². The number of esters is 1. The second-order valence-electron chi connectivity index (χ2n) is 9.46. The third-order valence-electron chi connectivity index (χ3n) is 5.48. The van der Waals surface area contributed by atoms with Crippen LogP contribution in [0.25, 0.3) is 0 Å². The number of rotatable bonds is 5. The predicted octanol–water partition coefficient (Wildman–Crippen LogP) is 4.78. The number of nitrogens with zero attached hydrogens (tertiary/aromatic N) is 1. The van der Waals surface area contributed by atoms with E-state index in [0.29, 0.717) is 28.4 Å². The number of hydrogen-bond acceptors (Lipinski definition) is 5. The Hall–Kier alpha value is -3.09. The molecule has 1 saturated heterocycles. The Kier molecular flexibility index (Phi) is 7.06. The lowest BCUT2D eigenvalue weighted by atomic mass is 9.98. The number of carbonyl (C=O) groups is 2. The zero-order valence-electron chi connectivity index (χ0n) is 19.2. The Labute approximate surface area is 188 Å². The maximum Gasteiger partial charge on any atom is 0.310 e. The molecule has 0 saturated carbocycles. The van der Waals surface area contributed by atoms with Crippen LogP contribution >= 0.6 is 0 Å². The predicted molar refractivity (Wildman–Crippen MR) is 125 cm³/mol. The number of benzene rings is 2. The Morgan fingerprint density at radius 2 is 1.84 bits per heavy atom. The van der Waals surface area contributed by atoms with Crippen molar-refractivity contribution in [2.24, 2.45) is 5.92 Å². The van der Waals surface area contributed by atoms with Crippen molar-refractivity contribution in [1.29, 1.82) is 0 Å². The molecule has 1 fully saturated rings. The molecule has 1 amide bonds. The first-order chi connectivity index (χ1) is 15.0. The molecule has 6 nitrogen and oxygen atoms in total. The Morgan fingerprint density at radius 1 is 1.16 bits per heavy atom. The first-order valence-electron chi connectivity index (χ1n) is 11.0. The van der Waals surface area contributed by atoms with Crippen LogP contribution in [0.1, 0.15) is 56.5 Å². The largest absolute Gasteiger partial charge is 0.460 e. The number of nitrogen functional groups attached to an aromatic ring is 1.